The molecule has 0 aromatic heterocycles. The van der Waals surface area contributed by atoms with Crippen LogP contribution in [0.15, 0.2) is 24.3 Å². The molecule has 2 N–H and O–H groups in total. The van der Waals surface area contributed by atoms with E-state index in [1.807, 2.05) is 0 Å². The first kappa shape index (κ1) is 12.7. The SMILES string of the molecule is CCS(=O)(=O)[C@@H](C)C(=O)c1cccc(N)c1. The molecule has 0 amide bonds. The van der Waals surface area contributed by atoms with Crippen molar-refractivity contribution in [2.24, 2.45) is 0 Å². The van der Waals surface area contributed by atoms with E-state index < -0.39 is 20.9 Å². The van der Waals surface area contributed by atoms with Gasteiger partial charge in [0.1, 0.15) is 5.25 Å². The number of benzene rings is 1. The molecule has 4 nitrogen and oxygen atoms in total. The number of anilines is 1. The lowest BCUT2D eigenvalue weighted by Gasteiger charge is -2.10. The first-order valence-corrected chi connectivity index (χ1v) is 6.71. The minimum absolute atomic E-state index is 0.0395. The van der Waals surface area contributed by atoms with Crippen LogP contribution in [0.4, 0.5) is 5.69 Å². The Kier molecular flexibility index (Phi) is 3.70. The number of sulfone groups is 1. The molecule has 88 valence electrons. The van der Waals surface area contributed by atoms with Gasteiger partial charge in [-0.1, -0.05) is 19.1 Å². The van der Waals surface area contributed by atoms with Gasteiger partial charge >= 0.3 is 0 Å². The van der Waals surface area contributed by atoms with E-state index in [2.05, 4.69) is 0 Å². The Balaban J connectivity index is 3.04. The Bertz CT molecular complexity index is 494. The summed E-state index contributed by atoms with van der Waals surface area (Å²) in [5.74, 6) is -0.448. The van der Waals surface area contributed by atoms with Crippen molar-refractivity contribution >= 4 is 21.3 Å². The van der Waals surface area contributed by atoms with Crippen LogP contribution in [0.3, 0.4) is 0 Å². The van der Waals surface area contributed by atoms with Crippen LogP contribution >= 0.6 is 0 Å². The van der Waals surface area contributed by atoms with Crippen molar-refractivity contribution in [2.75, 3.05) is 11.5 Å². The van der Waals surface area contributed by atoms with Crippen molar-refractivity contribution in [1.29, 1.82) is 0 Å². The molecule has 0 aliphatic carbocycles. The van der Waals surface area contributed by atoms with Crippen LogP contribution < -0.4 is 5.73 Å². The molecule has 0 unspecified atom stereocenters. The Morgan fingerprint density at radius 3 is 2.56 bits per heavy atom. The van der Waals surface area contributed by atoms with Crippen molar-refractivity contribution in [2.45, 2.75) is 19.1 Å². The number of Topliss-reactive ketones (excluding diaryl/α,β-unsaturated/α-hetero) is 1. The molecule has 0 saturated heterocycles. The number of ketones is 1. The number of carbonyl (C=O) groups excluding carboxylic acids is 1. The standard InChI is InChI=1S/C11H15NO3S/c1-3-16(14,15)8(2)11(13)9-5-4-6-10(12)7-9/h4-8H,3,12H2,1-2H3/t8-/m0/s1. The number of carbonyl (C=O) groups is 1. The number of nitrogen functional groups attached to an aromatic ring is 1. The van der Waals surface area contributed by atoms with Crippen molar-refractivity contribution in [3.05, 3.63) is 29.8 Å². The normalized spacial score (nSPS) is 13.4. The predicted molar refractivity (Wildman–Crippen MR) is 64.1 cm³/mol. The lowest BCUT2D eigenvalue weighted by molar-refractivity contribution is 0.0991. The van der Waals surface area contributed by atoms with E-state index in [1.165, 1.54) is 19.9 Å². The molecular weight excluding hydrogens is 226 g/mol. The van der Waals surface area contributed by atoms with E-state index in [-0.39, 0.29) is 5.75 Å². The minimum atomic E-state index is -3.35. The van der Waals surface area contributed by atoms with Crippen LogP contribution in [0.5, 0.6) is 0 Å². The fraction of sp³-hybridized carbons (Fsp3) is 0.364. The minimum Gasteiger partial charge on any atom is -0.399 e. The van der Waals surface area contributed by atoms with E-state index in [9.17, 15) is 13.2 Å². The van der Waals surface area contributed by atoms with Crippen LogP contribution in [0, 0.1) is 0 Å². The van der Waals surface area contributed by atoms with E-state index in [0.717, 1.165) is 0 Å². The average molecular weight is 241 g/mol. The van der Waals surface area contributed by atoms with Crippen LogP contribution in [-0.2, 0) is 9.84 Å². The molecule has 16 heavy (non-hydrogen) atoms. The van der Waals surface area contributed by atoms with Gasteiger partial charge in [0.2, 0.25) is 0 Å². The molecule has 1 aromatic rings. The van der Waals surface area contributed by atoms with Crippen molar-refractivity contribution < 1.29 is 13.2 Å². The highest BCUT2D eigenvalue weighted by atomic mass is 32.2. The summed E-state index contributed by atoms with van der Waals surface area (Å²) >= 11 is 0. The van der Waals surface area contributed by atoms with Gasteiger partial charge in [-0.2, -0.15) is 0 Å². The van der Waals surface area contributed by atoms with Crippen LogP contribution in [0.1, 0.15) is 24.2 Å². The van der Waals surface area contributed by atoms with Gasteiger partial charge in [0, 0.05) is 17.0 Å². The number of nitrogens with two attached hydrogens (primary N) is 1. The molecule has 0 saturated carbocycles. The topological polar surface area (TPSA) is 77.2 Å². The third-order valence-electron chi connectivity index (χ3n) is 2.48. The third-order valence-corrected chi connectivity index (χ3v) is 4.58. The average Bonchev–Trinajstić information content (AvgIpc) is 2.27. The molecule has 0 spiro atoms. The number of rotatable bonds is 4. The van der Waals surface area contributed by atoms with Crippen molar-refractivity contribution in [1.82, 2.24) is 0 Å². The van der Waals surface area contributed by atoms with Gasteiger partial charge < -0.3 is 5.73 Å². The molecule has 0 heterocycles. The van der Waals surface area contributed by atoms with E-state index in [1.54, 1.807) is 18.2 Å². The molecular formula is C11H15NO3S. The highest BCUT2D eigenvalue weighted by Crippen LogP contribution is 2.13. The molecule has 0 fully saturated rings. The van der Waals surface area contributed by atoms with Gasteiger partial charge in [0.25, 0.3) is 0 Å². The maximum atomic E-state index is 11.9. The largest absolute Gasteiger partial charge is 0.399 e. The van der Waals surface area contributed by atoms with Crippen molar-refractivity contribution in [3.63, 3.8) is 0 Å². The number of hydrogen-bond donors (Lipinski definition) is 1. The first-order chi connectivity index (χ1) is 7.38. The second-order valence-corrected chi connectivity index (χ2v) is 6.19. The Morgan fingerprint density at radius 2 is 2.06 bits per heavy atom. The van der Waals surface area contributed by atoms with Gasteiger partial charge in [-0.25, -0.2) is 8.42 Å². The zero-order chi connectivity index (χ0) is 12.3. The summed E-state index contributed by atoms with van der Waals surface area (Å²) < 4.78 is 23.1. The monoisotopic (exact) mass is 241 g/mol. The fourth-order valence-corrected chi connectivity index (χ4v) is 2.30. The van der Waals surface area contributed by atoms with Gasteiger partial charge in [-0.15, -0.1) is 0 Å². The third kappa shape index (κ3) is 2.61. The van der Waals surface area contributed by atoms with Gasteiger partial charge in [-0.05, 0) is 19.1 Å². The molecule has 0 aliphatic heterocycles. The summed E-state index contributed by atoms with van der Waals surface area (Å²) in [4.78, 5) is 11.9. The zero-order valence-corrected chi connectivity index (χ0v) is 10.1. The second-order valence-electron chi connectivity index (χ2n) is 3.58. The summed E-state index contributed by atoms with van der Waals surface area (Å²) in [6.45, 7) is 2.93. The quantitative estimate of drug-likeness (QED) is 0.636. The summed E-state index contributed by atoms with van der Waals surface area (Å²) in [5, 5.41) is -1.01. The number of hydrogen-bond acceptors (Lipinski definition) is 4. The molecule has 1 aromatic carbocycles. The Labute approximate surface area is 95.4 Å². The maximum Gasteiger partial charge on any atom is 0.180 e. The van der Waals surface area contributed by atoms with Crippen LogP contribution in [-0.4, -0.2) is 25.2 Å². The molecule has 1 atom stereocenters. The Morgan fingerprint density at radius 1 is 1.44 bits per heavy atom. The van der Waals surface area contributed by atoms with Crippen LogP contribution in [0.2, 0.25) is 0 Å². The van der Waals surface area contributed by atoms with Crippen LogP contribution in [0.25, 0.3) is 0 Å². The van der Waals surface area contributed by atoms with E-state index in [4.69, 9.17) is 5.73 Å². The lowest BCUT2D eigenvalue weighted by Crippen LogP contribution is -2.28. The van der Waals surface area contributed by atoms with E-state index >= 15 is 0 Å². The molecule has 5 heteroatoms. The summed E-state index contributed by atoms with van der Waals surface area (Å²) in [7, 11) is -3.35. The smallest absolute Gasteiger partial charge is 0.180 e. The van der Waals surface area contributed by atoms with Gasteiger partial charge in [0.15, 0.2) is 15.6 Å². The maximum absolute atomic E-state index is 11.9. The summed E-state index contributed by atoms with van der Waals surface area (Å²) in [5.41, 5.74) is 6.32. The van der Waals surface area contributed by atoms with Gasteiger partial charge in [-0.3, -0.25) is 4.79 Å². The molecule has 0 radical (unpaired) electrons. The lowest BCUT2D eigenvalue weighted by atomic mass is 10.1. The molecule has 0 aliphatic rings. The second kappa shape index (κ2) is 4.65. The fourth-order valence-electron chi connectivity index (χ4n) is 1.34. The Hall–Kier alpha value is -1.36. The van der Waals surface area contributed by atoms with Gasteiger partial charge in [0.05, 0.1) is 0 Å². The summed E-state index contributed by atoms with van der Waals surface area (Å²) in [6.07, 6.45) is 0. The van der Waals surface area contributed by atoms with E-state index in [0.29, 0.717) is 11.3 Å². The highest BCUT2D eigenvalue weighted by molar-refractivity contribution is 7.92. The molecule has 1 rings (SSSR count). The zero-order valence-electron chi connectivity index (χ0n) is 9.30. The first-order valence-electron chi connectivity index (χ1n) is 5.00. The van der Waals surface area contributed by atoms with Crippen molar-refractivity contribution in [3.8, 4) is 0 Å². The summed E-state index contributed by atoms with van der Waals surface area (Å²) in [6, 6.07) is 6.34. The molecule has 0 bridgehead atoms. The highest BCUT2D eigenvalue weighted by Gasteiger charge is 2.26. The predicted octanol–water partition coefficient (Wildman–Crippen LogP) is 1.27.